The first-order valence-corrected chi connectivity index (χ1v) is 4.56. The van der Waals surface area contributed by atoms with Crippen LogP contribution in [0, 0.1) is 11.8 Å². The van der Waals surface area contributed by atoms with E-state index in [1.807, 2.05) is 12.1 Å². The molecule has 1 N–H and O–H groups in total. The van der Waals surface area contributed by atoms with Gasteiger partial charge in [0.25, 0.3) is 0 Å². The molecule has 3 nitrogen and oxygen atoms in total. The molecule has 0 bridgehead atoms. The van der Waals surface area contributed by atoms with Gasteiger partial charge in [0.1, 0.15) is 0 Å². The standard InChI is InChI=1S/C12H12O3/c1-15-12(14)7-6-10-2-4-11(5-3-10)8-9-13/h2-5,13H,8-9H2,1H3. The van der Waals surface area contributed by atoms with Crippen LogP contribution in [0.2, 0.25) is 0 Å². The highest BCUT2D eigenvalue weighted by atomic mass is 16.5. The predicted octanol–water partition coefficient (Wildman–Crippen LogP) is 0.746. The number of aliphatic hydroxyl groups excluding tert-OH is 1. The topological polar surface area (TPSA) is 46.5 Å². The molecule has 1 rings (SSSR count). The zero-order valence-corrected chi connectivity index (χ0v) is 8.49. The van der Waals surface area contributed by atoms with Crippen molar-refractivity contribution in [3.8, 4) is 11.8 Å². The van der Waals surface area contributed by atoms with Gasteiger partial charge in [-0.2, -0.15) is 0 Å². The second-order valence-corrected chi connectivity index (χ2v) is 2.91. The third-order valence-corrected chi connectivity index (χ3v) is 1.85. The number of hydrogen-bond acceptors (Lipinski definition) is 3. The molecule has 0 unspecified atom stereocenters. The highest BCUT2D eigenvalue weighted by Gasteiger charge is 1.93. The van der Waals surface area contributed by atoms with E-state index < -0.39 is 5.97 Å². The van der Waals surface area contributed by atoms with Gasteiger partial charge in [0.15, 0.2) is 0 Å². The van der Waals surface area contributed by atoms with Crippen LogP contribution in [0.1, 0.15) is 11.1 Å². The average Bonchev–Trinajstić information content (AvgIpc) is 2.28. The summed E-state index contributed by atoms with van der Waals surface area (Å²) >= 11 is 0. The summed E-state index contributed by atoms with van der Waals surface area (Å²) in [6.45, 7) is 0.132. The minimum absolute atomic E-state index is 0.132. The molecule has 0 aliphatic heterocycles. The van der Waals surface area contributed by atoms with Gasteiger partial charge in [0.05, 0.1) is 7.11 Å². The molecule has 0 spiro atoms. The van der Waals surface area contributed by atoms with Crippen LogP contribution in [-0.2, 0) is 16.0 Å². The first-order chi connectivity index (χ1) is 7.26. The van der Waals surface area contributed by atoms with Crippen molar-refractivity contribution in [1.82, 2.24) is 0 Å². The van der Waals surface area contributed by atoms with Crippen molar-refractivity contribution >= 4 is 5.97 Å². The Bertz CT molecular complexity index is 382. The van der Waals surface area contributed by atoms with E-state index in [1.165, 1.54) is 7.11 Å². The van der Waals surface area contributed by atoms with Gasteiger partial charge in [0.2, 0.25) is 0 Å². The number of ether oxygens (including phenoxy) is 1. The van der Waals surface area contributed by atoms with E-state index in [9.17, 15) is 4.79 Å². The number of esters is 1. The van der Waals surface area contributed by atoms with Crippen molar-refractivity contribution in [2.75, 3.05) is 13.7 Å². The molecular formula is C12H12O3. The Labute approximate surface area is 88.7 Å². The molecule has 0 saturated carbocycles. The first kappa shape index (κ1) is 11.3. The van der Waals surface area contributed by atoms with Crippen molar-refractivity contribution in [2.24, 2.45) is 0 Å². The molecule has 15 heavy (non-hydrogen) atoms. The van der Waals surface area contributed by atoms with E-state index in [4.69, 9.17) is 5.11 Å². The lowest BCUT2D eigenvalue weighted by molar-refractivity contribution is -0.133. The lowest BCUT2D eigenvalue weighted by Crippen LogP contribution is -1.94. The molecular weight excluding hydrogens is 192 g/mol. The Balaban J connectivity index is 2.70. The summed E-state index contributed by atoms with van der Waals surface area (Å²) in [4.78, 5) is 10.7. The Morgan fingerprint density at radius 1 is 1.40 bits per heavy atom. The summed E-state index contributed by atoms with van der Waals surface area (Å²) in [5.41, 5.74) is 1.79. The van der Waals surface area contributed by atoms with Gasteiger partial charge in [0, 0.05) is 18.1 Å². The van der Waals surface area contributed by atoms with Crippen LogP contribution in [0.25, 0.3) is 0 Å². The molecule has 1 aromatic rings. The quantitative estimate of drug-likeness (QED) is 0.571. The maximum Gasteiger partial charge on any atom is 0.384 e. The van der Waals surface area contributed by atoms with Crippen molar-refractivity contribution < 1.29 is 14.6 Å². The highest BCUT2D eigenvalue weighted by Crippen LogP contribution is 2.03. The molecule has 3 heteroatoms. The Kier molecular flexibility index (Phi) is 4.39. The van der Waals surface area contributed by atoms with E-state index in [0.29, 0.717) is 6.42 Å². The lowest BCUT2D eigenvalue weighted by Gasteiger charge is -1.96. The normalized spacial score (nSPS) is 8.93. The number of carbonyl (C=O) groups is 1. The predicted molar refractivity (Wildman–Crippen MR) is 56.1 cm³/mol. The summed E-state index contributed by atoms with van der Waals surface area (Å²) < 4.78 is 4.39. The van der Waals surface area contributed by atoms with Crippen molar-refractivity contribution in [3.05, 3.63) is 35.4 Å². The van der Waals surface area contributed by atoms with Crippen molar-refractivity contribution in [1.29, 1.82) is 0 Å². The van der Waals surface area contributed by atoms with Crippen LogP contribution in [-0.4, -0.2) is 24.8 Å². The summed E-state index contributed by atoms with van der Waals surface area (Å²) in [5.74, 6) is 4.47. The minimum Gasteiger partial charge on any atom is -0.459 e. The molecule has 1 aromatic carbocycles. The largest absolute Gasteiger partial charge is 0.459 e. The molecule has 0 saturated heterocycles. The highest BCUT2D eigenvalue weighted by molar-refractivity contribution is 5.88. The van der Waals surface area contributed by atoms with Crippen LogP contribution in [0.15, 0.2) is 24.3 Å². The van der Waals surface area contributed by atoms with E-state index in [0.717, 1.165) is 11.1 Å². The molecule has 0 heterocycles. The van der Waals surface area contributed by atoms with Gasteiger partial charge in [-0.05, 0) is 24.1 Å². The fourth-order valence-electron chi connectivity index (χ4n) is 1.06. The Hall–Kier alpha value is -1.79. The van der Waals surface area contributed by atoms with Gasteiger partial charge in [-0.3, -0.25) is 0 Å². The minimum atomic E-state index is -0.547. The third-order valence-electron chi connectivity index (χ3n) is 1.85. The molecule has 0 aliphatic rings. The molecule has 0 atom stereocenters. The monoisotopic (exact) mass is 204 g/mol. The number of benzene rings is 1. The number of hydrogen-bond donors (Lipinski definition) is 1. The second-order valence-electron chi connectivity index (χ2n) is 2.91. The van der Waals surface area contributed by atoms with Crippen LogP contribution in [0.3, 0.4) is 0 Å². The van der Waals surface area contributed by atoms with Gasteiger partial charge >= 0.3 is 5.97 Å². The molecule has 0 aromatic heterocycles. The number of carbonyl (C=O) groups excluding carboxylic acids is 1. The molecule has 0 aliphatic carbocycles. The molecule has 0 amide bonds. The summed E-state index contributed by atoms with van der Waals surface area (Å²) in [6.07, 6.45) is 0.630. The molecule has 78 valence electrons. The van der Waals surface area contributed by atoms with Gasteiger partial charge in [-0.25, -0.2) is 4.79 Å². The molecule has 0 fully saturated rings. The Morgan fingerprint density at radius 3 is 2.60 bits per heavy atom. The lowest BCUT2D eigenvalue weighted by atomic mass is 10.1. The van der Waals surface area contributed by atoms with Crippen LogP contribution < -0.4 is 0 Å². The average molecular weight is 204 g/mol. The first-order valence-electron chi connectivity index (χ1n) is 4.56. The van der Waals surface area contributed by atoms with Crippen LogP contribution >= 0.6 is 0 Å². The fourth-order valence-corrected chi connectivity index (χ4v) is 1.06. The van der Waals surface area contributed by atoms with Gasteiger partial charge < -0.3 is 9.84 Å². The number of rotatable bonds is 2. The van der Waals surface area contributed by atoms with Crippen molar-refractivity contribution in [3.63, 3.8) is 0 Å². The fraction of sp³-hybridized carbons (Fsp3) is 0.250. The zero-order valence-electron chi connectivity index (χ0n) is 8.49. The summed E-state index contributed by atoms with van der Waals surface area (Å²) in [6, 6.07) is 7.36. The van der Waals surface area contributed by atoms with E-state index in [1.54, 1.807) is 12.1 Å². The van der Waals surface area contributed by atoms with Crippen LogP contribution in [0.4, 0.5) is 0 Å². The second kappa shape index (κ2) is 5.84. The zero-order chi connectivity index (χ0) is 11.1. The third kappa shape index (κ3) is 3.84. The van der Waals surface area contributed by atoms with Gasteiger partial charge in [-0.15, -0.1) is 0 Å². The summed E-state index contributed by atoms with van der Waals surface area (Å²) in [5, 5.41) is 8.71. The van der Waals surface area contributed by atoms with Gasteiger partial charge in [-0.1, -0.05) is 18.1 Å². The van der Waals surface area contributed by atoms with E-state index >= 15 is 0 Å². The van der Waals surface area contributed by atoms with Crippen LogP contribution in [0.5, 0.6) is 0 Å². The summed E-state index contributed by atoms with van der Waals surface area (Å²) in [7, 11) is 1.29. The smallest absolute Gasteiger partial charge is 0.384 e. The number of methoxy groups -OCH3 is 1. The molecule has 0 radical (unpaired) electrons. The van der Waals surface area contributed by atoms with Crippen molar-refractivity contribution in [2.45, 2.75) is 6.42 Å². The SMILES string of the molecule is COC(=O)C#Cc1ccc(CCO)cc1. The number of aliphatic hydroxyl groups is 1. The van der Waals surface area contributed by atoms with E-state index in [2.05, 4.69) is 16.6 Å². The van der Waals surface area contributed by atoms with E-state index in [-0.39, 0.29) is 6.61 Å². The maximum absolute atomic E-state index is 10.7. The Morgan fingerprint density at radius 2 is 2.07 bits per heavy atom. The maximum atomic E-state index is 10.7.